The van der Waals surface area contributed by atoms with Crippen molar-refractivity contribution in [2.24, 2.45) is 11.8 Å². The number of benzene rings is 1. The van der Waals surface area contributed by atoms with E-state index in [1.165, 1.54) is 0 Å². The molecule has 5 nitrogen and oxygen atoms in total. The van der Waals surface area contributed by atoms with Crippen LogP contribution in [0.15, 0.2) is 18.2 Å². The molecule has 0 aromatic heterocycles. The summed E-state index contributed by atoms with van der Waals surface area (Å²) in [6.07, 6.45) is 0.920. The number of aromatic carboxylic acids is 1. The van der Waals surface area contributed by atoms with E-state index in [1.807, 2.05) is 11.8 Å². The average molecular weight is 307 g/mol. The first-order chi connectivity index (χ1) is 10.2. The largest absolute Gasteiger partial charge is 0.481 e. The van der Waals surface area contributed by atoms with Crippen LogP contribution < -0.4 is 4.90 Å². The van der Waals surface area contributed by atoms with E-state index in [2.05, 4.69) is 13.8 Å². The maximum absolute atomic E-state index is 11.2. The zero-order valence-electron chi connectivity index (χ0n) is 13.7. The lowest BCUT2D eigenvalue weighted by Gasteiger charge is -2.29. The Morgan fingerprint density at radius 1 is 1.18 bits per heavy atom. The van der Waals surface area contributed by atoms with Crippen molar-refractivity contribution in [3.8, 4) is 0 Å². The van der Waals surface area contributed by atoms with Gasteiger partial charge in [-0.15, -0.1) is 0 Å². The van der Waals surface area contributed by atoms with Gasteiger partial charge in [-0.1, -0.05) is 26.8 Å². The lowest BCUT2D eigenvalue weighted by atomic mass is 10.0. The molecular weight excluding hydrogens is 282 g/mol. The highest BCUT2D eigenvalue weighted by Gasteiger charge is 2.19. The van der Waals surface area contributed by atoms with E-state index in [0.717, 1.165) is 17.7 Å². The van der Waals surface area contributed by atoms with Crippen LogP contribution in [0.1, 0.15) is 43.1 Å². The van der Waals surface area contributed by atoms with E-state index in [0.29, 0.717) is 19.0 Å². The fourth-order valence-corrected chi connectivity index (χ4v) is 2.22. The second kappa shape index (κ2) is 7.82. The monoisotopic (exact) mass is 307 g/mol. The van der Waals surface area contributed by atoms with Crippen LogP contribution in [0.2, 0.25) is 0 Å². The molecule has 0 radical (unpaired) electrons. The zero-order valence-corrected chi connectivity index (χ0v) is 13.7. The van der Waals surface area contributed by atoms with Crippen LogP contribution in [0.25, 0.3) is 0 Å². The van der Waals surface area contributed by atoms with Crippen LogP contribution in [-0.2, 0) is 4.79 Å². The van der Waals surface area contributed by atoms with Crippen molar-refractivity contribution in [1.29, 1.82) is 0 Å². The number of carboxylic acid groups (broad SMARTS) is 2. The van der Waals surface area contributed by atoms with Crippen LogP contribution >= 0.6 is 0 Å². The number of aliphatic carboxylic acids is 1. The van der Waals surface area contributed by atoms with Gasteiger partial charge in [-0.25, -0.2) is 4.79 Å². The molecule has 0 bridgehead atoms. The number of anilines is 1. The van der Waals surface area contributed by atoms with Gasteiger partial charge in [-0.05, 0) is 37.0 Å². The van der Waals surface area contributed by atoms with Gasteiger partial charge in [0, 0.05) is 18.8 Å². The Bertz CT molecular complexity index is 539. The molecule has 1 atom stereocenters. The van der Waals surface area contributed by atoms with Gasteiger partial charge in [0.05, 0.1) is 11.5 Å². The molecule has 122 valence electrons. The minimum atomic E-state index is -0.976. The van der Waals surface area contributed by atoms with E-state index in [4.69, 9.17) is 10.2 Å². The van der Waals surface area contributed by atoms with Crippen molar-refractivity contribution >= 4 is 17.6 Å². The van der Waals surface area contributed by atoms with Crippen molar-refractivity contribution < 1.29 is 19.8 Å². The van der Waals surface area contributed by atoms with E-state index in [9.17, 15) is 9.59 Å². The van der Waals surface area contributed by atoms with E-state index >= 15 is 0 Å². The maximum atomic E-state index is 11.2. The number of carboxylic acids is 2. The number of aryl methyl sites for hydroxylation is 1. The van der Waals surface area contributed by atoms with Gasteiger partial charge in [0.25, 0.3) is 0 Å². The second-order valence-corrected chi connectivity index (χ2v) is 6.17. The van der Waals surface area contributed by atoms with Crippen LogP contribution in [0, 0.1) is 18.8 Å². The molecule has 0 aliphatic heterocycles. The standard InChI is InChI=1S/C17H25NO4/c1-11(2)7-8-18(10-13(4)16(19)20)15-9-14(17(21)22)6-5-12(15)3/h5-6,9,11,13H,7-8,10H2,1-4H3,(H,19,20)(H,21,22). The lowest BCUT2D eigenvalue weighted by molar-refractivity contribution is -0.140. The molecule has 0 amide bonds. The molecule has 0 saturated carbocycles. The molecule has 2 N–H and O–H groups in total. The van der Waals surface area contributed by atoms with Crippen molar-refractivity contribution in [3.05, 3.63) is 29.3 Å². The predicted molar refractivity (Wildman–Crippen MR) is 86.6 cm³/mol. The normalized spacial score (nSPS) is 12.2. The Hall–Kier alpha value is -2.04. The van der Waals surface area contributed by atoms with Crippen LogP contribution in [0.3, 0.4) is 0 Å². The van der Waals surface area contributed by atoms with Gasteiger partial charge in [-0.2, -0.15) is 0 Å². The summed E-state index contributed by atoms with van der Waals surface area (Å²) in [5, 5.41) is 18.3. The summed E-state index contributed by atoms with van der Waals surface area (Å²) in [5.41, 5.74) is 1.97. The smallest absolute Gasteiger partial charge is 0.335 e. The molecule has 0 spiro atoms. The summed E-state index contributed by atoms with van der Waals surface area (Å²) in [5.74, 6) is -1.84. The first-order valence-corrected chi connectivity index (χ1v) is 7.54. The third-order valence-electron chi connectivity index (χ3n) is 3.69. The van der Waals surface area contributed by atoms with E-state index < -0.39 is 17.9 Å². The molecule has 0 aliphatic carbocycles. The van der Waals surface area contributed by atoms with Gasteiger partial charge in [0.15, 0.2) is 0 Å². The Balaban J connectivity index is 3.10. The molecule has 0 aliphatic rings. The lowest BCUT2D eigenvalue weighted by Crippen LogP contribution is -2.33. The third-order valence-corrected chi connectivity index (χ3v) is 3.69. The Morgan fingerprint density at radius 3 is 2.32 bits per heavy atom. The maximum Gasteiger partial charge on any atom is 0.335 e. The summed E-state index contributed by atoms with van der Waals surface area (Å²) in [4.78, 5) is 24.3. The Kier molecular flexibility index (Phi) is 6.40. The summed E-state index contributed by atoms with van der Waals surface area (Å²) >= 11 is 0. The first kappa shape index (κ1) is 18.0. The van der Waals surface area contributed by atoms with Gasteiger partial charge in [-0.3, -0.25) is 4.79 Å². The Morgan fingerprint density at radius 2 is 1.82 bits per heavy atom. The number of nitrogens with zero attached hydrogens (tertiary/aromatic N) is 1. The molecule has 1 unspecified atom stereocenters. The van der Waals surface area contributed by atoms with Crippen molar-refractivity contribution in [2.45, 2.75) is 34.1 Å². The zero-order chi connectivity index (χ0) is 16.9. The third kappa shape index (κ3) is 5.06. The molecule has 0 saturated heterocycles. The fourth-order valence-electron chi connectivity index (χ4n) is 2.22. The van der Waals surface area contributed by atoms with Gasteiger partial charge >= 0.3 is 11.9 Å². The molecule has 1 aromatic rings. The van der Waals surface area contributed by atoms with E-state index in [1.54, 1.807) is 25.1 Å². The van der Waals surface area contributed by atoms with E-state index in [-0.39, 0.29) is 5.56 Å². The summed E-state index contributed by atoms with van der Waals surface area (Å²) < 4.78 is 0. The minimum absolute atomic E-state index is 0.220. The van der Waals surface area contributed by atoms with Gasteiger partial charge in [0.1, 0.15) is 0 Å². The highest BCUT2D eigenvalue weighted by atomic mass is 16.4. The highest BCUT2D eigenvalue weighted by Crippen LogP contribution is 2.24. The van der Waals surface area contributed by atoms with Crippen molar-refractivity contribution in [2.75, 3.05) is 18.0 Å². The molecule has 22 heavy (non-hydrogen) atoms. The molecule has 1 aromatic carbocycles. The topological polar surface area (TPSA) is 77.8 Å². The summed E-state index contributed by atoms with van der Waals surface area (Å²) in [7, 11) is 0. The molecule has 0 fully saturated rings. The number of rotatable bonds is 8. The van der Waals surface area contributed by atoms with Crippen molar-refractivity contribution in [3.63, 3.8) is 0 Å². The molecule has 0 heterocycles. The highest BCUT2D eigenvalue weighted by molar-refractivity contribution is 5.89. The molecule has 1 rings (SSSR count). The van der Waals surface area contributed by atoms with Crippen LogP contribution in [0.5, 0.6) is 0 Å². The second-order valence-electron chi connectivity index (χ2n) is 6.17. The predicted octanol–water partition coefficient (Wildman–Crippen LogP) is 3.27. The van der Waals surface area contributed by atoms with Gasteiger partial charge in [0.2, 0.25) is 0 Å². The summed E-state index contributed by atoms with van der Waals surface area (Å²) in [6, 6.07) is 4.97. The molecular formula is C17H25NO4. The van der Waals surface area contributed by atoms with Crippen LogP contribution in [-0.4, -0.2) is 35.2 Å². The van der Waals surface area contributed by atoms with Crippen LogP contribution in [0.4, 0.5) is 5.69 Å². The SMILES string of the molecule is Cc1ccc(C(=O)O)cc1N(CCC(C)C)CC(C)C(=O)O. The quantitative estimate of drug-likeness (QED) is 0.770. The number of hydrogen-bond donors (Lipinski definition) is 2. The first-order valence-electron chi connectivity index (χ1n) is 7.54. The number of hydrogen-bond acceptors (Lipinski definition) is 3. The number of carbonyl (C=O) groups is 2. The van der Waals surface area contributed by atoms with Crippen molar-refractivity contribution in [1.82, 2.24) is 0 Å². The molecule has 5 heteroatoms. The summed E-state index contributed by atoms with van der Waals surface area (Å²) in [6.45, 7) is 8.87. The Labute approximate surface area is 131 Å². The average Bonchev–Trinajstić information content (AvgIpc) is 2.43. The van der Waals surface area contributed by atoms with Gasteiger partial charge < -0.3 is 15.1 Å². The fraction of sp³-hybridized carbons (Fsp3) is 0.529. The minimum Gasteiger partial charge on any atom is -0.481 e.